The lowest BCUT2D eigenvalue weighted by molar-refractivity contribution is -0.438. The van der Waals surface area contributed by atoms with Crippen LogP contribution < -0.4 is 0 Å². The number of sulfonamides is 1. The van der Waals surface area contributed by atoms with Crippen molar-refractivity contribution in [2.45, 2.75) is 47.8 Å². The van der Waals surface area contributed by atoms with Gasteiger partial charge in [-0.05, 0) is 19.9 Å². The van der Waals surface area contributed by atoms with Gasteiger partial charge in [0.15, 0.2) is 6.29 Å². The summed E-state index contributed by atoms with van der Waals surface area (Å²) in [5, 5.41) is -6.35. The zero-order valence-corrected chi connectivity index (χ0v) is 17.0. The molecular weight excluding hydrogens is 549 g/mol. The van der Waals surface area contributed by atoms with Gasteiger partial charge in [0.1, 0.15) is 6.23 Å². The Bertz CT molecular complexity index is 684. The first kappa shape index (κ1) is 25.7. The summed E-state index contributed by atoms with van der Waals surface area (Å²) in [5.41, 5.74) is 0. The Morgan fingerprint density at radius 3 is 2.11 bits per heavy atom. The molecule has 0 aromatic heterocycles. The van der Waals surface area contributed by atoms with Gasteiger partial charge in [-0.3, -0.25) is 0 Å². The molecule has 0 aliphatic carbocycles. The first-order chi connectivity index (χ1) is 12.4. The normalized spacial score (nSPS) is 23.7. The third-order valence-corrected chi connectivity index (χ3v) is 5.66. The van der Waals surface area contributed by atoms with Gasteiger partial charge in [-0.15, -0.1) is 0 Å². The largest absolute Gasteiger partial charge is 0.449 e. The lowest BCUT2D eigenvalue weighted by Crippen LogP contribution is -2.58. The molecule has 1 saturated heterocycles. The van der Waals surface area contributed by atoms with Gasteiger partial charge in [0.05, 0.1) is 6.54 Å². The van der Waals surface area contributed by atoms with E-state index in [0.717, 1.165) is 12.2 Å². The molecule has 0 bridgehead atoms. The summed E-state index contributed by atoms with van der Waals surface area (Å²) < 4.78 is 137. The molecule has 166 valence electrons. The first-order valence-electron chi connectivity index (χ1n) is 7.26. The van der Waals surface area contributed by atoms with Gasteiger partial charge in [0, 0.05) is 29.2 Å². The number of rotatable bonds is 9. The Labute approximate surface area is 168 Å². The highest BCUT2D eigenvalue weighted by Gasteiger charge is 2.75. The van der Waals surface area contributed by atoms with Crippen LogP contribution in [0.2, 0.25) is 0 Å². The molecule has 1 aliphatic rings. The van der Waals surface area contributed by atoms with Crippen molar-refractivity contribution in [3.05, 3.63) is 12.2 Å². The van der Waals surface area contributed by atoms with Crippen LogP contribution in [0.25, 0.3) is 0 Å². The van der Waals surface area contributed by atoms with Crippen molar-refractivity contribution in [1.29, 1.82) is 0 Å². The molecule has 0 spiro atoms. The predicted octanol–water partition coefficient (Wildman–Crippen LogP) is 3.74. The molecule has 0 unspecified atom stereocenters. The minimum atomic E-state index is -6.52. The summed E-state index contributed by atoms with van der Waals surface area (Å²) in [6.07, 6.45) is -13.9. The van der Waals surface area contributed by atoms with Gasteiger partial charge < -0.3 is 9.47 Å². The highest BCUT2D eigenvalue weighted by molar-refractivity contribution is 14.1. The second-order valence-electron chi connectivity index (χ2n) is 5.16. The molecule has 1 rings (SSSR count). The Morgan fingerprint density at radius 1 is 1.14 bits per heavy atom. The minimum Gasteiger partial charge on any atom is -0.351 e. The number of nitrogens with zero attached hydrogens (tertiary/aromatic N) is 1. The summed E-state index contributed by atoms with van der Waals surface area (Å²) in [6.45, 7) is 1.71. The summed E-state index contributed by atoms with van der Waals surface area (Å²) in [7, 11) is -6.45. The van der Waals surface area contributed by atoms with Crippen LogP contribution in [0.15, 0.2) is 12.2 Å². The van der Waals surface area contributed by atoms with Crippen molar-refractivity contribution in [3.8, 4) is 0 Å². The highest BCUT2D eigenvalue weighted by Crippen LogP contribution is 2.50. The third-order valence-electron chi connectivity index (χ3n) is 3.17. The van der Waals surface area contributed by atoms with E-state index in [1.807, 2.05) is 0 Å². The van der Waals surface area contributed by atoms with Gasteiger partial charge in [0.25, 0.3) is 10.0 Å². The molecule has 2 atom stereocenters. The molecule has 0 radical (unpaired) electrons. The average molecular weight is 563 g/mol. The SMILES string of the molecule is C/C=C/[C@H]1O[C@@H](OCC)CN1S(=O)(=O)C(F)(F)C(F)(F)OC(F)(F)C(F)(F)I. The lowest BCUT2D eigenvalue weighted by atomic mass is 10.5. The van der Waals surface area contributed by atoms with Crippen LogP contribution in [0, 0.1) is 0 Å². The molecule has 0 N–H and O–H groups in total. The van der Waals surface area contributed by atoms with Gasteiger partial charge in [-0.2, -0.15) is 39.4 Å². The Kier molecular flexibility index (Phi) is 7.76. The maximum absolute atomic E-state index is 14.1. The summed E-state index contributed by atoms with van der Waals surface area (Å²) >= 11 is -0.319. The van der Waals surface area contributed by atoms with Crippen LogP contribution in [0.4, 0.5) is 35.1 Å². The predicted molar refractivity (Wildman–Crippen MR) is 85.6 cm³/mol. The van der Waals surface area contributed by atoms with E-state index in [-0.39, 0.29) is 33.5 Å². The van der Waals surface area contributed by atoms with Crippen LogP contribution in [-0.4, -0.2) is 59.8 Å². The van der Waals surface area contributed by atoms with E-state index in [9.17, 15) is 43.5 Å². The van der Waals surface area contributed by atoms with Gasteiger partial charge in [-0.1, -0.05) is 6.08 Å². The average Bonchev–Trinajstić information content (AvgIpc) is 2.89. The van der Waals surface area contributed by atoms with Crippen molar-refractivity contribution in [2.75, 3.05) is 13.2 Å². The van der Waals surface area contributed by atoms with Crippen molar-refractivity contribution in [2.24, 2.45) is 0 Å². The topological polar surface area (TPSA) is 65.1 Å². The first-order valence-corrected chi connectivity index (χ1v) is 9.78. The van der Waals surface area contributed by atoms with E-state index < -0.39 is 50.5 Å². The molecule has 1 aliphatic heterocycles. The van der Waals surface area contributed by atoms with E-state index in [1.165, 1.54) is 13.8 Å². The summed E-state index contributed by atoms with van der Waals surface area (Å²) in [5.74, 6) is 0. The van der Waals surface area contributed by atoms with E-state index in [4.69, 9.17) is 9.47 Å². The minimum absolute atomic E-state index is 0.0618. The molecule has 28 heavy (non-hydrogen) atoms. The maximum atomic E-state index is 14.1. The fraction of sp³-hybridized carbons (Fsp3) is 0.833. The second-order valence-corrected chi connectivity index (χ2v) is 8.45. The zero-order valence-electron chi connectivity index (χ0n) is 14.0. The van der Waals surface area contributed by atoms with Crippen LogP contribution >= 0.6 is 22.6 Å². The quantitative estimate of drug-likeness (QED) is 0.185. The molecule has 16 heteroatoms. The molecule has 0 amide bonds. The van der Waals surface area contributed by atoms with Crippen molar-refractivity contribution in [3.63, 3.8) is 0 Å². The second kappa shape index (κ2) is 8.44. The number of ether oxygens (including phenoxy) is 3. The third kappa shape index (κ3) is 4.88. The van der Waals surface area contributed by atoms with Gasteiger partial charge in [-0.25, -0.2) is 13.2 Å². The number of alkyl halides is 9. The van der Waals surface area contributed by atoms with Crippen LogP contribution in [0.3, 0.4) is 0 Å². The molecule has 6 nitrogen and oxygen atoms in total. The monoisotopic (exact) mass is 563 g/mol. The molecular formula is C12H14F8INO5S. The molecule has 1 heterocycles. The van der Waals surface area contributed by atoms with Gasteiger partial charge in [0.2, 0.25) is 0 Å². The van der Waals surface area contributed by atoms with Crippen molar-refractivity contribution < 1.29 is 57.8 Å². The van der Waals surface area contributed by atoms with E-state index in [1.54, 1.807) is 0 Å². The number of hydrogen-bond acceptors (Lipinski definition) is 5. The van der Waals surface area contributed by atoms with Crippen molar-refractivity contribution in [1.82, 2.24) is 4.31 Å². The molecule has 0 saturated carbocycles. The van der Waals surface area contributed by atoms with E-state index >= 15 is 0 Å². The standard InChI is InChI=1S/C12H14F8INO5S/c1-3-5-7-22(6-8(26-7)25-4-2)28(23,24)12(19,20)11(17,18)27-10(15,16)9(13,14)21/h3,5,7-8H,4,6H2,1-2H3/b5-3+/t7-,8-/m1/s1. The summed E-state index contributed by atoms with van der Waals surface area (Å²) in [6, 6.07) is 0. The van der Waals surface area contributed by atoms with Crippen LogP contribution in [0.5, 0.6) is 0 Å². The maximum Gasteiger partial charge on any atom is 0.449 e. The molecule has 0 aromatic rings. The van der Waals surface area contributed by atoms with E-state index in [2.05, 4.69) is 4.74 Å². The van der Waals surface area contributed by atoms with Crippen LogP contribution in [-0.2, 0) is 24.2 Å². The Morgan fingerprint density at radius 2 is 1.68 bits per heavy atom. The summed E-state index contributed by atoms with van der Waals surface area (Å²) in [4.78, 5) is 0. The molecule has 0 aromatic carbocycles. The Balaban J connectivity index is 3.29. The number of halogens is 9. The number of allylic oxidation sites excluding steroid dienone is 1. The van der Waals surface area contributed by atoms with Crippen LogP contribution in [0.1, 0.15) is 13.8 Å². The van der Waals surface area contributed by atoms with E-state index in [0.29, 0.717) is 0 Å². The lowest BCUT2D eigenvalue weighted by Gasteiger charge is -2.33. The Hall–Kier alpha value is -0.300. The molecule has 1 fully saturated rings. The fourth-order valence-electron chi connectivity index (χ4n) is 1.91. The fourth-order valence-corrected chi connectivity index (χ4v) is 3.37. The van der Waals surface area contributed by atoms with Crippen molar-refractivity contribution >= 4 is 32.6 Å². The highest BCUT2D eigenvalue weighted by atomic mass is 127. The number of hydrogen-bond donors (Lipinski definition) is 0. The smallest absolute Gasteiger partial charge is 0.351 e. The van der Waals surface area contributed by atoms with Gasteiger partial charge >= 0.3 is 21.4 Å². The zero-order chi connectivity index (χ0) is 22.2.